The van der Waals surface area contributed by atoms with Gasteiger partial charge in [0.15, 0.2) is 6.20 Å². The van der Waals surface area contributed by atoms with Crippen molar-refractivity contribution in [1.82, 2.24) is 4.57 Å². The van der Waals surface area contributed by atoms with Gasteiger partial charge in [-0.2, -0.15) is 0 Å². The Hall–Kier alpha value is -4.43. The van der Waals surface area contributed by atoms with Crippen molar-refractivity contribution in [2.45, 2.75) is 48.0 Å². The SMILES string of the molecule is Cc1cc(C)c(C)c(-c2c3ccc4cc(-n5c6ccccc6c6cc(CC(C)(C)C)ccc65)ccc4c3cc[n+]2C)c1. The minimum Gasteiger partial charge on any atom is -0.309 e. The van der Waals surface area contributed by atoms with Crippen LogP contribution in [0, 0.1) is 26.2 Å². The lowest BCUT2D eigenvalue weighted by atomic mass is 9.88. The van der Waals surface area contributed by atoms with Crippen LogP contribution in [-0.2, 0) is 13.5 Å². The Kier molecular flexibility index (Phi) is 6.02. The first-order chi connectivity index (χ1) is 20.1. The summed E-state index contributed by atoms with van der Waals surface area (Å²) in [6.07, 6.45) is 3.27. The molecule has 0 saturated carbocycles. The van der Waals surface area contributed by atoms with Crippen LogP contribution in [0.3, 0.4) is 0 Å². The third-order valence-corrected chi connectivity index (χ3v) is 8.91. The lowest BCUT2D eigenvalue weighted by Gasteiger charge is -2.18. The lowest BCUT2D eigenvalue weighted by molar-refractivity contribution is -0.659. The van der Waals surface area contributed by atoms with Crippen LogP contribution in [0.25, 0.3) is 60.3 Å². The van der Waals surface area contributed by atoms with Gasteiger partial charge in [-0.25, -0.2) is 4.57 Å². The highest BCUT2D eigenvalue weighted by atomic mass is 15.0. The zero-order valence-electron chi connectivity index (χ0n) is 25.8. The van der Waals surface area contributed by atoms with E-state index in [1.165, 1.54) is 82.5 Å². The number of hydrogen-bond donors (Lipinski definition) is 0. The van der Waals surface area contributed by atoms with Gasteiger partial charge in [-0.1, -0.05) is 68.8 Å². The molecule has 2 aromatic heterocycles. The van der Waals surface area contributed by atoms with Crippen molar-refractivity contribution in [1.29, 1.82) is 0 Å². The number of pyridine rings is 1. The first-order valence-corrected chi connectivity index (χ1v) is 15.0. The fourth-order valence-corrected chi connectivity index (χ4v) is 6.96. The van der Waals surface area contributed by atoms with Gasteiger partial charge in [-0.15, -0.1) is 0 Å². The molecule has 2 heteroatoms. The fourth-order valence-electron chi connectivity index (χ4n) is 6.96. The first-order valence-electron chi connectivity index (χ1n) is 15.0. The molecule has 2 heterocycles. The van der Waals surface area contributed by atoms with Crippen LogP contribution in [-0.4, -0.2) is 4.57 Å². The predicted octanol–water partition coefficient (Wildman–Crippen LogP) is 10.1. The number of aryl methyl sites for hydroxylation is 3. The first kappa shape index (κ1) is 26.5. The highest BCUT2D eigenvalue weighted by Crippen LogP contribution is 2.37. The molecule has 2 nitrogen and oxygen atoms in total. The van der Waals surface area contributed by atoms with Crippen molar-refractivity contribution >= 4 is 43.4 Å². The van der Waals surface area contributed by atoms with Gasteiger partial charge in [0.2, 0.25) is 5.69 Å². The number of aromatic nitrogens is 2. The second kappa shape index (κ2) is 9.56. The maximum Gasteiger partial charge on any atom is 0.220 e. The molecule has 42 heavy (non-hydrogen) atoms. The molecule has 0 unspecified atom stereocenters. The van der Waals surface area contributed by atoms with E-state index >= 15 is 0 Å². The molecule has 5 aromatic carbocycles. The summed E-state index contributed by atoms with van der Waals surface area (Å²) in [6.45, 7) is 13.6. The van der Waals surface area contributed by atoms with Crippen LogP contribution in [0.4, 0.5) is 0 Å². The van der Waals surface area contributed by atoms with Gasteiger partial charge >= 0.3 is 0 Å². The van der Waals surface area contributed by atoms with E-state index < -0.39 is 0 Å². The Bertz CT molecular complexity index is 2190. The normalized spacial score (nSPS) is 12.3. The smallest absolute Gasteiger partial charge is 0.220 e. The van der Waals surface area contributed by atoms with Gasteiger partial charge in [0.05, 0.1) is 22.0 Å². The lowest BCUT2D eigenvalue weighted by Crippen LogP contribution is -2.30. The minimum absolute atomic E-state index is 0.251. The van der Waals surface area contributed by atoms with Crippen LogP contribution in [0.1, 0.15) is 43.0 Å². The van der Waals surface area contributed by atoms with Crippen molar-refractivity contribution in [2.24, 2.45) is 12.5 Å². The molecule has 0 aliphatic rings. The largest absolute Gasteiger partial charge is 0.309 e. The van der Waals surface area contributed by atoms with Crippen LogP contribution >= 0.6 is 0 Å². The Morgan fingerprint density at radius 3 is 2.24 bits per heavy atom. The molecule has 0 fully saturated rings. The number of hydrogen-bond acceptors (Lipinski definition) is 0. The molecule has 0 amide bonds. The van der Waals surface area contributed by atoms with Crippen molar-refractivity contribution in [3.63, 3.8) is 0 Å². The van der Waals surface area contributed by atoms with Crippen LogP contribution in [0.2, 0.25) is 0 Å². The van der Waals surface area contributed by atoms with E-state index in [2.05, 4.69) is 155 Å². The average molecular weight is 548 g/mol. The average Bonchev–Trinajstić information content (AvgIpc) is 3.27. The zero-order chi connectivity index (χ0) is 29.3. The molecular weight excluding hydrogens is 508 g/mol. The van der Waals surface area contributed by atoms with Crippen LogP contribution in [0.5, 0.6) is 0 Å². The topological polar surface area (TPSA) is 8.81 Å². The Morgan fingerprint density at radius 2 is 1.43 bits per heavy atom. The van der Waals surface area contributed by atoms with Crippen molar-refractivity contribution < 1.29 is 4.57 Å². The Morgan fingerprint density at radius 1 is 0.667 bits per heavy atom. The standard InChI is InChI=1S/C40H39N2/c1-25-20-26(2)27(3)35(21-25)39-34-15-13-29-23-30(14-16-31(29)32(34)18-19-41(39)7)42-37-11-9-8-10-33(37)36-22-28(12-17-38(36)42)24-40(4,5)6/h8-23H,24H2,1-7H3/q+1. The summed E-state index contributed by atoms with van der Waals surface area (Å²) in [5, 5.41) is 7.76. The second-order valence-corrected chi connectivity index (χ2v) is 13.4. The summed E-state index contributed by atoms with van der Waals surface area (Å²) in [6, 6.07) is 34.3. The van der Waals surface area contributed by atoms with Crippen LogP contribution < -0.4 is 4.57 Å². The third kappa shape index (κ3) is 4.29. The summed E-state index contributed by atoms with van der Waals surface area (Å²) >= 11 is 0. The molecule has 0 bridgehead atoms. The van der Waals surface area contributed by atoms with Gasteiger partial charge in [-0.05, 0) is 103 Å². The molecule has 0 spiro atoms. The molecule has 0 aliphatic carbocycles. The molecule has 0 radical (unpaired) electrons. The fraction of sp³-hybridized carbons (Fsp3) is 0.225. The summed E-state index contributed by atoms with van der Waals surface area (Å²) in [4.78, 5) is 0. The molecule has 0 atom stereocenters. The highest BCUT2D eigenvalue weighted by Gasteiger charge is 2.20. The molecule has 0 N–H and O–H groups in total. The van der Waals surface area contributed by atoms with Crippen molar-refractivity contribution in [3.05, 3.63) is 119 Å². The molecule has 0 aliphatic heterocycles. The summed E-state index contributed by atoms with van der Waals surface area (Å²) in [7, 11) is 2.16. The van der Waals surface area contributed by atoms with E-state index in [0.717, 1.165) is 6.42 Å². The number of rotatable bonds is 3. The quantitative estimate of drug-likeness (QED) is 0.154. The van der Waals surface area contributed by atoms with E-state index in [1.807, 2.05) is 0 Å². The van der Waals surface area contributed by atoms with Gasteiger partial charge in [0.1, 0.15) is 7.05 Å². The van der Waals surface area contributed by atoms with Crippen LogP contribution in [0.15, 0.2) is 97.2 Å². The summed E-state index contributed by atoms with van der Waals surface area (Å²) < 4.78 is 4.71. The van der Waals surface area contributed by atoms with Gasteiger partial charge in [-0.3, -0.25) is 0 Å². The Balaban J connectivity index is 1.43. The zero-order valence-corrected chi connectivity index (χ0v) is 25.8. The highest BCUT2D eigenvalue weighted by molar-refractivity contribution is 6.12. The minimum atomic E-state index is 0.251. The number of nitrogens with zero attached hydrogens (tertiary/aromatic N) is 2. The summed E-state index contributed by atoms with van der Waals surface area (Å²) in [5.74, 6) is 0. The van der Waals surface area contributed by atoms with Gasteiger partial charge in [0, 0.05) is 27.9 Å². The molecule has 7 aromatic rings. The number of benzene rings is 5. The predicted molar refractivity (Wildman–Crippen MR) is 180 cm³/mol. The third-order valence-electron chi connectivity index (χ3n) is 8.91. The maximum absolute atomic E-state index is 2.43. The summed E-state index contributed by atoms with van der Waals surface area (Å²) in [5.41, 5.74) is 11.9. The molecule has 208 valence electrons. The number of fused-ring (bicyclic) bond motifs is 6. The monoisotopic (exact) mass is 547 g/mol. The van der Waals surface area contributed by atoms with E-state index in [1.54, 1.807) is 0 Å². The number of para-hydroxylation sites is 1. The van der Waals surface area contributed by atoms with Crippen molar-refractivity contribution in [3.8, 4) is 16.9 Å². The maximum atomic E-state index is 2.43. The molecular formula is C40H39N2+. The van der Waals surface area contributed by atoms with Gasteiger partial charge < -0.3 is 4.57 Å². The van der Waals surface area contributed by atoms with Gasteiger partial charge in [0.25, 0.3) is 0 Å². The van der Waals surface area contributed by atoms with E-state index in [0.29, 0.717) is 0 Å². The molecule has 7 rings (SSSR count). The Labute approximate surface area is 248 Å². The second-order valence-electron chi connectivity index (χ2n) is 13.4. The van der Waals surface area contributed by atoms with E-state index in [9.17, 15) is 0 Å². The van der Waals surface area contributed by atoms with E-state index in [4.69, 9.17) is 0 Å². The van der Waals surface area contributed by atoms with Crippen molar-refractivity contribution in [2.75, 3.05) is 0 Å². The van der Waals surface area contributed by atoms with E-state index in [-0.39, 0.29) is 5.41 Å². The molecule has 0 saturated heterocycles.